The van der Waals surface area contributed by atoms with Crippen LogP contribution < -0.4 is 0 Å². The third-order valence-electron chi connectivity index (χ3n) is 4.73. The van der Waals surface area contributed by atoms with E-state index in [2.05, 4.69) is 42.3 Å². The van der Waals surface area contributed by atoms with E-state index in [1.165, 1.54) is 5.56 Å². The van der Waals surface area contributed by atoms with Gasteiger partial charge in [-0.15, -0.1) is 0 Å². The molecule has 2 aliphatic rings. The van der Waals surface area contributed by atoms with Crippen molar-refractivity contribution in [1.29, 1.82) is 0 Å². The van der Waals surface area contributed by atoms with Crippen LogP contribution in [0.3, 0.4) is 0 Å². The van der Waals surface area contributed by atoms with Crippen LogP contribution >= 0.6 is 0 Å². The number of carbonyl (C=O) groups excluding carboxylic acids is 1. The number of nitrogens with zero attached hydrogens (tertiary/aromatic N) is 1. The van der Waals surface area contributed by atoms with Crippen LogP contribution in [0.4, 0.5) is 0 Å². The van der Waals surface area contributed by atoms with E-state index in [9.17, 15) is 4.79 Å². The largest absolute Gasteiger partial charge is 0.465 e. The summed E-state index contributed by atoms with van der Waals surface area (Å²) in [4.78, 5) is 17.5. The number of hydrogen-bond acceptors (Lipinski definition) is 3. The number of fused-ring (bicyclic) bond motifs is 1. The first-order valence-electron chi connectivity index (χ1n) is 8.17. The van der Waals surface area contributed by atoms with Gasteiger partial charge in [0.05, 0.1) is 13.2 Å². The highest BCUT2D eigenvalue weighted by atomic mass is 16.5. The van der Waals surface area contributed by atoms with Gasteiger partial charge in [0, 0.05) is 5.71 Å². The van der Waals surface area contributed by atoms with E-state index in [1.54, 1.807) is 0 Å². The van der Waals surface area contributed by atoms with Gasteiger partial charge in [0.25, 0.3) is 0 Å². The minimum atomic E-state index is -0.651. The Labute approximate surface area is 132 Å². The highest BCUT2D eigenvalue weighted by molar-refractivity contribution is 6.18. The van der Waals surface area contributed by atoms with E-state index in [0.717, 1.165) is 42.5 Å². The molecule has 0 N–H and O–H groups in total. The fraction of sp³-hybridized carbons (Fsp3) is 0.474. The van der Waals surface area contributed by atoms with Gasteiger partial charge in [0.2, 0.25) is 0 Å². The SMILES string of the molecule is CCOC(=O)C12CCCCC1=NCC=C2c1ccc(C)cc1. The standard InChI is InChI=1S/C19H23NO2/c1-3-22-18(21)19-12-5-4-6-17(19)20-13-11-16(19)15-9-7-14(2)8-10-15/h7-11H,3-6,12-13H2,1-2H3. The molecule has 3 rings (SSSR count). The second-order valence-electron chi connectivity index (χ2n) is 6.10. The molecular weight excluding hydrogens is 274 g/mol. The van der Waals surface area contributed by atoms with Crippen molar-refractivity contribution in [3.8, 4) is 0 Å². The van der Waals surface area contributed by atoms with Gasteiger partial charge >= 0.3 is 5.97 Å². The second-order valence-corrected chi connectivity index (χ2v) is 6.10. The number of esters is 1. The Bertz CT molecular complexity index is 627. The molecule has 3 heteroatoms. The number of hydrogen-bond donors (Lipinski definition) is 0. The summed E-state index contributed by atoms with van der Waals surface area (Å²) in [6.45, 7) is 5.02. The molecule has 116 valence electrons. The zero-order chi connectivity index (χ0) is 15.6. The average Bonchev–Trinajstić information content (AvgIpc) is 2.55. The molecule has 1 saturated carbocycles. The molecule has 3 nitrogen and oxygen atoms in total. The first kappa shape index (κ1) is 15.0. The van der Waals surface area contributed by atoms with Crippen LogP contribution in [0.15, 0.2) is 35.3 Å². The smallest absolute Gasteiger partial charge is 0.322 e. The molecule has 0 radical (unpaired) electrons. The molecule has 0 aromatic heterocycles. The van der Waals surface area contributed by atoms with Gasteiger partial charge < -0.3 is 4.74 Å². The van der Waals surface area contributed by atoms with Gasteiger partial charge in [-0.2, -0.15) is 0 Å². The van der Waals surface area contributed by atoms with Gasteiger partial charge in [0.15, 0.2) is 0 Å². The number of benzene rings is 1. The lowest BCUT2D eigenvalue weighted by atomic mass is 9.64. The van der Waals surface area contributed by atoms with Crippen molar-refractivity contribution >= 4 is 17.3 Å². The molecule has 1 fully saturated rings. The molecule has 1 unspecified atom stereocenters. The van der Waals surface area contributed by atoms with Crippen LogP contribution in [0.1, 0.15) is 43.7 Å². The summed E-state index contributed by atoms with van der Waals surface area (Å²) in [5, 5.41) is 0. The van der Waals surface area contributed by atoms with Crippen LogP contribution in [0.2, 0.25) is 0 Å². The lowest BCUT2D eigenvalue weighted by Crippen LogP contribution is -2.45. The fourth-order valence-corrected chi connectivity index (χ4v) is 3.65. The van der Waals surface area contributed by atoms with Crippen LogP contribution in [-0.4, -0.2) is 24.8 Å². The monoisotopic (exact) mass is 297 g/mol. The maximum atomic E-state index is 12.9. The Hall–Kier alpha value is -1.90. The first-order valence-corrected chi connectivity index (χ1v) is 8.17. The third-order valence-corrected chi connectivity index (χ3v) is 4.73. The van der Waals surface area contributed by atoms with Crippen LogP contribution in [0.5, 0.6) is 0 Å². The summed E-state index contributed by atoms with van der Waals surface area (Å²) in [6.07, 6.45) is 5.98. The number of dihydropyridines is 1. The number of aliphatic imine (C=N–C) groups is 1. The average molecular weight is 297 g/mol. The molecule has 1 aromatic rings. The quantitative estimate of drug-likeness (QED) is 0.792. The van der Waals surface area contributed by atoms with E-state index < -0.39 is 5.41 Å². The lowest BCUT2D eigenvalue weighted by molar-refractivity contribution is -0.149. The predicted molar refractivity (Wildman–Crippen MR) is 89.0 cm³/mol. The van der Waals surface area contributed by atoms with Gasteiger partial charge in [-0.1, -0.05) is 42.3 Å². The van der Waals surface area contributed by atoms with Gasteiger partial charge in [-0.3, -0.25) is 9.79 Å². The van der Waals surface area contributed by atoms with Crippen molar-refractivity contribution in [2.75, 3.05) is 13.2 Å². The van der Waals surface area contributed by atoms with Crippen LogP contribution in [0.25, 0.3) is 5.57 Å². The normalized spacial score (nSPS) is 24.1. The molecule has 1 aliphatic carbocycles. The first-order chi connectivity index (χ1) is 10.7. The second kappa shape index (κ2) is 6.07. The number of aryl methyl sites for hydroxylation is 1. The van der Waals surface area contributed by atoms with Crippen molar-refractivity contribution in [2.45, 2.75) is 39.5 Å². The highest BCUT2D eigenvalue weighted by Crippen LogP contribution is 2.47. The van der Waals surface area contributed by atoms with Crippen molar-refractivity contribution in [3.05, 3.63) is 41.5 Å². The summed E-state index contributed by atoms with van der Waals surface area (Å²) in [5.74, 6) is -0.125. The highest BCUT2D eigenvalue weighted by Gasteiger charge is 2.50. The molecule has 0 spiro atoms. The Kier molecular flexibility index (Phi) is 4.14. The number of carbonyl (C=O) groups is 1. The van der Waals surface area contributed by atoms with Crippen molar-refractivity contribution in [2.24, 2.45) is 10.4 Å². The molecule has 0 amide bonds. The van der Waals surface area contributed by atoms with E-state index in [4.69, 9.17) is 4.74 Å². The van der Waals surface area contributed by atoms with Gasteiger partial charge in [-0.25, -0.2) is 0 Å². The van der Waals surface area contributed by atoms with Crippen molar-refractivity contribution in [3.63, 3.8) is 0 Å². The maximum absolute atomic E-state index is 12.9. The van der Waals surface area contributed by atoms with Crippen molar-refractivity contribution < 1.29 is 9.53 Å². The Morgan fingerprint density at radius 2 is 2.05 bits per heavy atom. The molecule has 0 bridgehead atoms. The number of rotatable bonds is 3. The topological polar surface area (TPSA) is 38.7 Å². The fourth-order valence-electron chi connectivity index (χ4n) is 3.65. The van der Waals surface area contributed by atoms with E-state index in [1.807, 2.05) is 6.92 Å². The molecule has 1 heterocycles. The lowest BCUT2D eigenvalue weighted by Gasteiger charge is -2.40. The Balaban J connectivity index is 2.08. The predicted octanol–water partition coefficient (Wildman–Crippen LogP) is 3.96. The summed E-state index contributed by atoms with van der Waals surface area (Å²) >= 11 is 0. The summed E-state index contributed by atoms with van der Waals surface area (Å²) in [7, 11) is 0. The molecule has 22 heavy (non-hydrogen) atoms. The van der Waals surface area contributed by atoms with E-state index >= 15 is 0 Å². The van der Waals surface area contributed by atoms with E-state index in [0.29, 0.717) is 13.2 Å². The zero-order valence-electron chi connectivity index (χ0n) is 13.4. The van der Waals surface area contributed by atoms with E-state index in [-0.39, 0.29) is 5.97 Å². The Morgan fingerprint density at radius 3 is 2.77 bits per heavy atom. The molecule has 0 saturated heterocycles. The van der Waals surface area contributed by atoms with Crippen LogP contribution in [0, 0.1) is 12.3 Å². The minimum Gasteiger partial charge on any atom is -0.465 e. The van der Waals surface area contributed by atoms with Crippen molar-refractivity contribution in [1.82, 2.24) is 0 Å². The molecule has 1 atom stereocenters. The zero-order valence-corrected chi connectivity index (χ0v) is 13.4. The third kappa shape index (κ3) is 2.39. The van der Waals surface area contributed by atoms with Gasteiger partial charge in [0.1, 0.15) is 5.41 Å². The molecule has 1 aliphatic heterocycles. The summed E-state index contributed by atoms with van der Waals surface area (Å²) in [6, 6.07) is 8.42. The number of ether oxygens (including phenoxy) is 1. The molecular formula is C19H23NO2. The molecule has 1 aromatic carbocycles. The van der Waals surface area contributed by atoms with Gasteiger partial charge in [-0.05, 0) is 44.2 Å². The van der Waals surface area contributed by atoms with Crippen LogP contribution in [-0.2, 0) is 9.53 Å². The maximum Gasteiger partial charge on any atom is 0.322 e. The summed E-state index contributed by atoms with van der Waals surface area (Å²) < 4.78 is 5.46. The Morgan fingerprint density at radius 1 is 1.27 bits per heavy atom. The minimum absolute atomic E-state index is 0.125. The summed E-state index contributed by atoms with van der Waals surface area (Å²) in [5.41, 5.74) is 3.81.